The van der Waals surface area contributed by atoms with Gasteiger partial charge in [-0.1, -0.05) is 36.4 Å². The van der Waals surface area contributed by atoms with E-state index in [1.165, 1.54) is 0 Å². The Morgan fingerprint density at radius 2 is 1.18 bits per heavy atom. The van der Waals surface area contributed by atoms with Gasteiger partial charge >= 0.3 is 0 Å². The summed E-state index contributed by atoms with van der Waals surface area (Å²) in [5.41, 5.74) is 5.72. The van der Waals surface area contributed by atoms with E-state index in [0.717, 1.165) is 33.4 Å². The van der Waals surface area contributed by atoms with Gasteiger partial charge in [0.25, 0.3) is 0 Å². The van der Waals surface area contributed by atoms with Crippen LogP contribution in [0, 0.1) is 27.7 Å². The van der Waals surface area contributed by atoms with E-state index in [9.17, 15) is 24.9 Å². The SMILES string of the molecule is Cc1ccc(CC(O)C(=O)C(=O)[C@H](O)C(O)Cc2ccc(C)c(C)c2)cc1C. The minimum absolute atomic E-state index is 0.0222. The van der Waals surface area contributed by atoms with E-state index >= 15 is 0 Å². The van der Waals surface area contributed by atoms with E-state index < -0.39 is 29.9 Å². The highest BCUT2D eigenvalue weighted by atomic mass is 16.3. The molecule has 28 heavy (non-hydrogen) atoms. The zero-order valence-electron chi connectivity index (χ0n) is 16.8. The molecule has 0 aliphatic rings. The number of rotatable bonds is 8. The summed E-state index contributed by atoms with van der Waals surface area (Å²) in [5, 5.41) is 30.4. The largest absolute Gasteiger partial charge is 0.390 e. The van der Waals surface area contributed by atoms with Crippen LogP contribution in [-0.2, 0) is 22.4 Å². The number of carbonyl (C=O) groups excluding carboxylic acids is 2. The summed E-state index contributed by atoms with van der Waals surface area (Å²) >= 11 is 0. The molecule has 2 rings (SSSR count). The number of hydrogen-bond donors (Lipinski definition) is 3. The van der Waals surface area contributed by atoms with Gasteiger partial charge in [-0.25, -0.2) is 0 Å². The topological polar surface area (TPSA) is 94.8 Å². The molecule has 0 bridgehead atoms. The summed E-state index contributed by atoms with van der Waals surface area (Å²) in [6.45, 7) is 7.77. The summed E-state index contributed by atoms with van der Waals surface area (Å²) < 4.78 is 0. The molecule has 0 saturated carbocycles. The Hall–Kier alpha value is -2.34. The molecule has 2 unspecified atom stereocenters. The fraction of sp³-hybridized carbons (Fsp3) is 0.391. The highest BCUT2D eigenvalue weighted by molar-refractivity contribution is 6.40. The first-order valence-corrected chi connectivity index (χ1v) is 9.34. The van der Waals surface area contributed by atoms with Crippen LogP contribution in [0.15, 0.2) is 36.4 Å². The van der Waals surface area contributed by atoms with Gasteiger partial charge in [0.15, 0.2) is 0 Å². The predicted octanol–water partition coefficient (Wildman–Crippen LogP) is 1.93. The van der Waals surface area contributed by atoms with Gasteiger partial charge in [-0.05, 0) is 61.1 Å². The number of benzene rings is 2. The molecule has 0 fully saturated rings. The third-order valence-corrected chi connectivity index (χ3v) is 5.20. The van der Waals surface area contributed by atoms with Gasteiger partial charge in [-0.15, -0.1) is 0 Å². The average Bonchev–Trinajstić information content (AvgIpc) is 2.65. The summed E-state index contributed by atoms with van der Waals surface area (Å²) in [5.74, 6) is -2.27. The highest BCUT2D eigenvalue weighted by Gasteiger charge is 2.33. The van der Waals surface area contributed by atoms with Crippen LogP contribution in [0.3, 0.4) is 0 Å². The summed E-state index contributed by atoms with van der Waals surface area (Å²) in [6.07, 6.45) is -4.84. The van der Waals surface area contributed by atoms with Gasteiger partial charge in [0, 0.05) is 12.8 Å². The van der Waals surface area contributed by atoms with Crippen molar-refractivity contribution >= 4 is 11.6 Å². The monoisotopic (exact) mass is 384 g/mol. The van der Waals surface area contributed by atoms with Crippen LogP contribution in [-0.4, -0.2) is 45.2 Å². The van der Waals surface area contributed by atoms with Crippen molar-refractivity contribution in [3.05, 3.63) is 69.8 Å². The first-order chi connectivity index (χ1) is 13.1. The second kappa shape index (κ2) is 9.24. The van der Waals surface area contributed by atoms with Crippen molar-refractivity contribution in [2.24, 2.45) is 0 Å². The summed E-state index contributed by atoms with van der Waals surface area (Å²) in [7, 11) is 0. The summed E-state index contributed by atoms with van der Waals surface area (Å²) in [6, 6.07) is 11.1. The molecule has 3 atom stereocenters. The van der Waals surface area contributed by atoms with Crippen molar-refractivity contribution in [1.29, 1.82) is 0 Å². The summed E-state index contributed by atoms with van der Waals surface area (Å²) in [4.78, 5) is 24.5. The Labute approximate surface area is 165 Å². The zero-order valence-corrected chi connectivity index (χ0v) is 16.8. The lowest BCUT2D eigenvalue weighted by Crippen LogP contribution is -2.43. The molecule has 0 radical (unpaired) electrons. The Balaban J connectivity index is 2.00. The number of ketones is 2. The highest BCUT2D eigenvalue weighted by Crippen LogP contribution is 2.15. The van der Waals surface area contributed by atoms with E-state index in [1.807, 2.05) is 52.0 Å². The molecule has 5 nitrogen and oxygen atoms in total. The lowest BCUT2D eigenvalue weighted by Gasteiger charge is -2.18. The van der Waals surface area contributed by atoms with Crippen LogP contribution < -0.4 is 0 Å². The molecule has 5 heteroatoms. The van der Waals surface area contributed by atoms with Gasteiger partial charge in [0.1, 0.15) is 12.2 Å². The minimum atomic E-state index is -1.87. The molecule has 0 saturated heterocycles. The third kappa shape index (κ3) is 5.35. The van der Waals surface area contributed by atoms with Crippen LogP contribution in [0.4, 0.5) is 0 Å². The fourth-order valence-electron chi connectivity index (χ4n) is 3.01. The first-order valence-electron chi connectivity index (χ1n) is 9.34. The predicted molar refractivity (Wildman–Crippen MR) is 107 cm³/mol. The quantitative estimate of drug-likeness (QED) is 0.605. The molecular weight excluding hydrogens is 356 g/mol. The van der Waals surface area contributed by atoms with Gasteiger partial charge in [-0.2, -0.15) is 0 Å². The molecule has 3 N–H and O–H groups in total. The molecule has 0 aliphatic carbocycles. The van der Waals surface area contributed by atoms with Crippen LogP contribution in [0.2, 0.25) is 0 Å². The van der Waals surface area contributed by atoms with E-state index in [0.29, 0.717) is 0 Å². The van der Waals surface area contributed by atoms with Gasteiger partial charge < -0.3 is 15.3 Å². The molecule has 0 spiro atoms. The van der Waals surface area contributed by atoms with Crippen molar-refractivity contribution in [2.45, 2.75) is 58.8 Å². The standard InChI is InChI=1S/C23H28O5/c1-13-5-7-17(9-15(13)3)11-19(24)21(26)23(28)22(27)20(25)12-18-8-6-14(2)16(4)10-18/h5-10,19-21,24-26H,11-12H2,1-4H3/t19?,20?,21-/m1/s1. The van der Waals surface area contributed by atoms with Crippen LogP contribution in [0.25, 0.3) is 0 Å². The van der Waals surface area contributed by atoms with E-state index in [1.54, 1.807) is 12.1 Å². The van der Waals surface area contributed by atoms with Crippen LogP contribution in [0.5, 0.6) is 0 Å². The Morgan fingerprint density at radius 1 is 0.714 bits per heavy atom. The van der Waals surface area contributed by atoms with E-state index in [4.69, 9.17) is 0 Å². The maximum absolute atomic E-state index is 12.2. The Morgan fingerprint density at radius 3 is 1.64 bits per heavy atom. The molecular formula is C23H28O5. The number of aryl methyl sites for hydroxylation is 4. The minimum Gasteiger partial charge on any atom is -0.390 e. The number of aliphatic hydroxyl groups excluding tert-OH is 3. The van der Waals surface area contributed by atoms with Crippen LogP contribution >= 0.6 is 0 Å². The number of hydrogen-bond acceptors (Lipinski definition) is 5. The number of aliphatic hydroxyl groups is 3. The Bertz CT molecular complexity index is 871. The van der Waals surface area contributed by atoms with Gasteiger partial charge in [-0.3, -0.25) is 9.59 Å². The van der Waals surface area contributed by atoms with E-state index in [2.05, 4.69) is 0 Å². The van der Waals surface area contributed by atoms with Gasteiger partial charge in [0.2, 0.25) is 11.6 Å². The second-order valence-corrected chi connectivity index (χ2v) is 7.50. The van der Waals surface area contributed by atoms with Crippen molar-refractivity contribution < 1.29 is 24.9 Å². The number of carbonyl (C=O) groups is 2. The number of Topliss-reactive ketones (excluding diaryl/α,β-unsaturated/α-hetero) is 2. The average molecular weight is 384 g/mol. The van der Waals surface area contributed by atoms with Crippen molar-refractivity contribution in [1.82, 2.24) is 0 Å². The maximum Gasteiger partial charge on any atom is 0.232 e. The molecule has 0 aromatic heterocycles. The normalized spacial score (nSPS) is 14.4. The van der Waals surface area contributed by atoms with Crippen molar-refractivity contribution in [3.63, 3.8) is 0 Å². The molecule has 0 aliphatic heterocycles. The molecule has 0 heterocycles. The van der Waals surface area contributed by atoms with E-state index in [-0.39, 0.29) is 12.8 Å². The Kier molecular flexibility index (Phi) is 7.24. The molecule has 150 valence electrons. The van der Waals surface area contributed by atoms with Crippen LogP contribution in [0.1, 0.15) is 33.4 Å². The van der Waals surface area contributed by atoms with Crippen molar-refractivity contribution in [3.8, 4) is 0 Å². The van der Waals surface area contributed by atoms with Gasteiger partial charge in [0.05, 0.1) is 6.10 Å². The fourth-order valence-corrected chi connectivity index (χ4v) is 3.01. The smallest absolute Gasteiger partial charge is 0.232 e. The molecule has 2 aromatic rings. The van der Waals surface area contributed by atoms with Crippen molar-refractivity contribution in [2.75, 3.05) is 0 Å². The third-order valence-electron chi connectivity index (χ3n) is 5.20. The lowest BCUT2D eigenvalue weighted by atomic mass is 9.94. The second-order valence-electron chi connectivity index (χ2n) is 7.50. The molecule has 2 aromatic carbocycles. The zero-order chi connectivity index (χ0) is 21.0. The molecule has 0 amide bonds. The maximum atomic E-state index is 12.2. The first kappa shape index (κ1) is 22.0. The lowest BCUT2D eigenvalue weighted by molar-refractivity contribution is -0.149.